The Kier molecular flexibility index (Phi) is 5.34. The summed E-state index contributed by atoms with van der Waals surface area (Å²) >= 11 is 8.67. The Morgan fingerprint density at radius 2 is 2.00 bits per heavy atom. The third-order valence-corrected chi connectivity index (χ3v) is 5.19. The van der Waals surface area contributed by atoms with Gasteiger partial charge >= 0.3 is 6.18 Å². The van der Waals surface area contributed by atoms with Crippen LogP contribution in [0.1, 0.15) is 13.3 Å². The molecule has 10 heteroatoms. The average molecular weight is 396 g/mol. The summed E-state index contributed by atoms with van der Waals surface area (Å²) in [6, 6.07) is 1.11. The van der Waals surface area contributed by atoms with Gasteiger partial charge in [-0.25, -0.2) is 13.1 Å². The predicted octanol–water partition coefficient (Wildman–Crippen LogP) is 3.30. The van der Waals surface area contributed by atoms with Gasteiger partial charge in [0.05, 0.1) is 15.8 Å². The van der Waals surface area contributed by atoms with Gasteiger partial charge in [-0.3, -0.25) is 0 Å². The van der Waals surface area contributed by atoms with Crippen LogP contribution in [0.15, 0.2) is 21.5 Å². The second-order valence-electron chi connectivity index (χ2n) is 4.15. The highest BCUT2D eigenvalue weighted by atomic mass is 79.9. The van der Waals surface area contributed by atoms with Gasteiger partial charge in [0.2, 0.25) is 10.0 Å². The summed E-state index contributed by atoms with van der Waals surface area (Å²) in [4.78, 5) is -0.309. The third-order valence-electron chi connectivity index (χ3n) is 2.22. The summed E-state index contributed by atoms with van der Waals surface area (Å²) in [5.41, 5.74) is 5.62. The number of hydrogen-bond acceptors (Lipinski definition) is 3. The van der Waals surface area contributed by atoms with E-state index in [1.165, 1.54) is 6.07 Å². The number of halogens is 5. The summed E-state index contributed by atoms with van der Waals surface area (Å²) < 4.78 is 62.7. The molecule has 1 aromatic carbocycles. The third kappa shape index (κ3) is 4.80. The molecule has 0 fully saturated rings. The van der Waals surface area contributed by atoms with E-state index in [0.29, 0.717) is 0 Å². The van der Waals surface area contributed by atoms with E-state index in [4.69, 9.17) is 17.3 Å². The number of nitrogens with one attached hydrogen (secondary N) is 1. The van der Waals surface area contributed by atoms with Crippen molar-refractivity contribution in [1.29, 1.82) is 0 Å². The Labute approximate surface area is 127 Å². The fourth-order valence-corrected chi connectivity index (χ4v) is 4.03. The van der Waals surface area contributed by atoms with Gasteiger partial charge in [-0.15, -0.1) is 0 Å². The molecule has 0 aliphatic heterocycles. The summed E-state index contributed by atoms with van der Waals surface area (Å²) in [6.45, 7) is 1.12. The van der Waals surface area contributed by atoms with E-state index in [1.807, 2.05) is 4.72 Å². The first-order valence-electron chi connectivity index (χ1n) is 5.26. The van der Waals surface area contributed by atoms with Crippen molar-refractivity contribution in [3.63, 3.8) is 0 Å². The van der Waals surface area contributed by atoms with E-state index in [2.05, 4.69) is 15.9 Å². The Bertz CT molecular complexity index is 607. The first kappa shape index (κ1) is 17.5. The molecule has 114 valence electrons. The Hall–Kier alpha value is -0.510. The fraction of sp³-hybridized carbons (Fsp3) is 0.400. The molecule has 0 aliphatic rings. The van der Waals surface area contributed by atoms with Crippen molar-refractivity contribution in [2.24, 2.45) is 0 Å². The van der Waals surface area contributed by atoms with Crippen LogP contribution < -0.4 is 10.5 Å². The summed E-state index contributed by atoms with van der Waals surface area (Å²) in [7, 11) is -4.17. The van der Waals surface area contributed by atoms with Crippen molar-refractivity contribution in [3.8, 4) is 0 Å². The highest BCUT2D eigenvalue weighted by Gasteiger charge is 2.32. The lowest BCUT2D eigenvalue weighted by atomic mass is 10.2. The molecule has 1 aromatic rings. The molecular weight excluding hydrogens is 385 g/mol. The van der Waals surface area contributed by atoms with Crippen molar-refractivity contribution < 1.29 is 21.6 Å². The standard InChI is InChI=1S/C10H11BrClF3N2O2S/c1-5(4-10(13,14)15)17-20(18,19)8-3-6(12)2-7(16)9(8)11/h2-3,5,17H,4,16H2,1H3. The molecule has 0 radical (unpaired) electrons. The topological polar surface area (TPSA) is 72.2 Å². The van der Waals surface area contributed by atoms with Crippen molar-refractivity contribution >= 4 is 43.2 Å². The smallest absolute Gasteiger partial charge is 0.390 e. The van der Waals surface area contributed by atoms with E-state index >= 15 is 0 Å². The van der Waals surface area contributed by atoms with Crippen LogP contribution in [0.2, 0.25) is 5.02 Å². The molecule has 0 saturated carbocycles. The number of nitrogen functional groups attached to an aromatic ring is 1. The maximum Gasteiger partial charge on any atom is 0.390 e. The van der Waals surface area contributed by atoms with Crippen LogP contribution in [0.5, 0.6) is 0 Å². The van der Waals surface area contributed by atoms with Crippen LogP contribution in [-0.2, 0) is 10.0 Å². The molecule has 0 bridgehead atoms. The molecule has 4 nitrogen and oxygen atoms in total. The van der Waals surface area contributed by atoms with Gasteiger partial charge < -0.3 is 5.73 Å². The van der Waals surface area contributed by atoms with Crippen LogP contribution in [-0.4, -0.2) is 20.6 Å². The molecule has 1 atom stereocenters. The van der Waals surface area contributed by atoms with Crippen LogP contribution >= 0.6 is 27.5 Å². The predicted molar refractivity (Wildman–Crippen MR) is 74.0 cm³/mol. The van der Waals surface area contributed by atoms with Gasteiger partial charge in [0.15, 0.2) is 0 Å². The van der Waals surface area contributed by atoms with Gasteiger partial charge in [-0.05, 0) is 35.0 Å². The number of anilines is 1. The molecule has 1 rings (SSSR count). The SMILES string of the molecule is CC(CC(F)(F)F)NS(=O)(=O)c1cc(Cl)cc(N)c1Br. The summed E-state index contributed by atoms with van der Waals surface area (Å²) in [5.74, 6) is 0. The van der Waals surface area contributed by atoms with Crippen LogP contribution in [0.25, 0.3) is 0 Å². The quantitative estimate of drug-likeness (QED) is 0.768. The van der Waals surface area contributed by atoms with Gasteiger partial charge in [0.25, 0.3) is 0 Å². The summed E-state index contributed by atoms with van der Waals surface area (Å²) in [6.07, 6.45) is -5.74. The number of nitrogens with two attached hydrogens (primary N) is 1. The van der Waals surface area contributed by atoms with Crippen molar-refractivity contribution in [2.45, 2.75) is 30.5 Å². The van der Waals surface area contributed by atoms with E-state index in [-0.39, 0.29) is 20.1 Å². The fourth-order valence-electron chi connectivity index (χ4n) is 1.50. The van der Waals surface area contributed by atoms with E-state index in [9.17, 15) is 21.6 Å². The van der Waals surface area contributed by atoms with Crippen LogP contribution in [0, 0.1) is 0 Å². The van der Waals surface area contributed by atoms with E-state index in [1.54, 1.807) is 0 Å². The van der Waals surface area contributed by atoms with E-state index < -0.39 is 28.7 Å². The Morgan fingerprint density at radius 1 is 1.45 bits per heavy atom. The van der Waals surface area contributed by atoms with Gasteiger partial charge in [0.1, 0.15) is 0 Å². The largest absolute Gasteiger partial charge is 0.398 e. The zero-order chi connectivity index (χ0) is 15.7. The van der Waals surface area contributed by atoms with Gasteiger partial charge in [-0.2, -0.15) is 13.2 Å². The minimum atomic E-state index is -4.47. The monoisotopic (exact) mass is 394 g/mol. The Morgan fingerprint density at radius 3 is 2.50 bits per heavy atom. The van der Waals surface area contributed by atoms with Crippen molar-refractivity contribution in [1.82, 2.24) is 4.72 Å². The van der Waals surface area contributed by atoms with Crippen molar-refractivity contribution in [2.75, 3.05) is 5.73 Å². The molecule has 20 heavy (non-hydrogen) atoms. The highest BCUT2D eigenvalue weighted by Crippen LogP contribution is 2.32. The molecule has 0 aliphatic carbocycles. The minimum absolute atomic E-state index is 0.0496. The minimum Gasteiger partial charge on any atom is -0.398 e. The molecule has 0 saturated heterocycles. The second kappa shape index (κ2) is 6.08. The van der Waals surface area contributed by atoms with Gasteiger partial charge in [-0.1, -0.05) is 11.6 Å². The zero-order valence-corrected chi connectivity index (χ0v) is 13.3. The maximum absolute atomic E-state index is 12.2. The molecule has 3 N–H and O–H groups in total. The lowest BCUT2D eigenvalue weighted by molar-refractivity contribution is -0.137. The lowest BCUT2D eigenvalue weighted by Gasteiger charge is -2.17. The van der Waals surface area contributed by atoms with E-state index in [0.717, 1.165) is 13.0 Å². The number of sulfonamides is 1. The number of rotatable bonds is 4. The average Bonchev–Trinajstić information content (AvgIpc) is 2.19. The molecule has 0 amide bonds. The highest BCUT2D eigenvalue weighted by molar-refractivity contribution is 9.10. The molecule has 0 aromatic heterocycles. The van der Waals surface area contributed by atoms with Gasteiger partial charge in [0, 0.05) is 16.8 Å². The molecular formula is C10H11BrClF3N2O2S. The Balaban J connectivity index is 3.06. The maximum atomic E-state index is 12.2. The molecule has 0 spiro atoms. The summed E-state index contributed by atoms with van der Waals surface area (Å²) in [5, 5.41) is 0.0644. The second-order valence-corrected chi connectivity index (χ2v) is 7.06. The van der Waals surface area contributed by atoms with Crippen molar-refractivity contribution in [3.05, 3.63) is 21.6 Å². The normalized spacial score (nSPS) is 14.3. The lowest BCUT2D eigenvalue weighted by Crippen LogP contribution is -2.36. The first-order chi connectivity index (χ1) is 8.92. The number of alkyl halides is 3. The molecule has 0 heterocycles. The number of hydrogen-bond donors (Lipinski definition) is 2. The van der Waals surface area contributed by atoms with Crippen LogP contribution in [0.4, 0.5) is 18.9 Å². The first-order valence-corrected chi connectivity index (χ1v) is 7.91. The number of benzene rings is 1. The van der Waals surface area contributed by atoms with Crippen LogP contribution in [0.3, 0.4) is 0 Å². The zero-order valence-electron chi connectivity index (χ0n) is 10.1. The molecule has 1 unspecified atom stereocenters.